The molecule has 0 radical (unpaired) electrons. The number of fused-ring (bicyclic) bond motifs is 1. The first-order valence-electron chi connectivity index (χ1n) is 7.99. The van der Waals surface area contributed by atoms with Crippen molar-refractivity contribution in [3.63, 3.8) is 0 Å². The van der Waals surface area contributed by atoms with Crippen molar-refractivity contribution in [1.82, 2.24) is 4.90 Å². The number of ether oxygens (including phenoxy) is 2. The molecule has 2 aromatic rings. The second-order valence-electron chi connectivity index (χ2n) is 5.52. The summed E-state index contributed by atoms with van der Waals surface area (Å²) in [5, 5.41) is 1.85. The summed E-state index contributed by atoms with van der Waals surface area (Å²) in [5.74, 6) is -0.667. The molecule has 0 bridgehead atoms. The summed E-state index contributed by atoms with van der Waals surface area (Å²) < 4.78 is 9.99. The van der Waals surface area contributed by atoms with Gasteiger partial charge in [-0.15, -0.1) is 0 Å². The van der Waals surface area contributed by atoms with Gasteiger partial charge in [-0.25, -0.2) is 4.79 Å². The summed E-state index contributed by atoms with van der Waals surface area (Å²) in [4.78, 5) is 26.8. The maximum atomic E-state index is 13.1. The van der Waals surface area contributed by atoms with E-state index in [1.807, 2.05) is 43.3 Å². The lowest BCUT2D eigenvalue weighted by atomic mass is 10.0. The van der Waals surface area contributed by atoms with Crippen molar-refractivity contribution in [2.45, 2.75) is 19.4 Å². The molecule has 0 saturated heterocycles. The zero-order valence-electron chi connectivity index (χ0n) is 14.3. The lowest BCUT2D eigenvalue weighted by Gasteiger charge is -2.29. The van der Waals surface area contributed by atoms with Crippen LogP contribution in [0.15, 0.2) is 42.5 Å². The Kier molecular flexibility index (Phi) is 6.32. The second kappa shape index (κ2) is 8.45. The second-order valence-corrected chi connectivity index (χ2v) is 5.52. The zero-order valence-corrected chi connectivity index (χ0v) is 14.3. The molecule has 5 nitrogen and oxygen atoms in total. The van der Waals surface area contributed by atoms with Gasteiger partial charge in [0.25, 0.3) is 5.91 Å². The molecule has 128 valence electrons. The van der Waals surface area contributed by atoms with Crippen molar-refractivity contribution in [3.05, 3.63) is 48.0 Å². The third kappa shape index (κ3) is 3.74. The Morgan fingerprint density at radius 3 is 2.46 bits per heavy atom. The largest absolute Gasteiger partial charge is 0.467 e. The van der Waals surface area contributed by atoms with Crippen molar-refractivity contribution in [2.75, 3.05) is 27.4 Å². The van der Waals surface area contributed by atoms with Gasteiger partial charge in [-0.2, -0.15) is 0 Å². The summed E-state index contributed by atoms with van der Waals surface area (Å²) >= 11 is 0. The van der Waals surface area contributed by atoms with Crippen molar-refractivity contribution in [2.24, 2.45) is 0 Å². The van der Waals surface area contributed by atoms with E-state index in [0.29, 0.717) is 12.1 Å². The summed E-state index contributed by atoms with van der Waals surface area (Å²) in [6.45, 7) is 2.51. The van der Waals surface area contributed by atoms with Crippen molar-refractivity contribution in [1.29, 1.82) is 0 Å². The Hall–Kier alpha value is -2.40. The number of esters is 1. The van der Waals surface area contributed by atoms with E-state index in [0.717, 1.165) is 17.2 Å². The number of amides is 1. The molecule has 0 aromatic heterocycles. The number of hydrogen-bond acceptors (Lipinski definition) is 4. The van der Waals surface area contributed by atoms with E-state index in [-0.39, 0.29) is 12.5 Å². The van der Waals surface area contributed by atoms with E-state index in [1.54, 1.807) is 6.07 Å². The van der Waals surface area contributed by atoms with Gasteiger partial charge in [0.2, 0.25) is 0 Å². The van der Waals surface area contributed by atoms with Crippen molar-refractivity contribution < 1.29 is 19.1 Å². The molecule has 5 heteroatoms. The van der Waals surface area contributed by atoms with Crippen LogP contribution in [0.25, 0.3) is 10.8 Å². The third-order valence-corrected chi connectivity index (χ3v) is 3.92. The number of carbonyl (C=O) groups is 2. The highest BCUT2D eigenvalue weighted by molar-refractivity contribution is 6.08. The summed E-state index contributed by atoms with van der Waals surface area (Å²) in [7, 11) is 2.82. The molecule has 2 rings (SSSR count). The Morgan fingerprint density at radius 2 is 1.79 bits per heavy atom. The highest BCUT2D eigenvalue weighted by Gasteiger charge is 2.31. The Morgan fingerprint density at radius 1 is 1.08 bits per heavy atom. The lowest BCUT2D eigenvalue weighted by molar-refractivity contribution is -0.148. The molecule has 1 unspecified atom stereocenters. The van der Waals surface area contributed by atoms with Crippen LogP contribution in [-0.4, -0.2) is 50.2 Å². The fourth-order valence-electron chi connectivity index (χ4n) is 2.79. The number of benzene rings is 2. The Balaban J connectivity index is 2.45. The Bertz CT molecular complexity index is 708. The maximum absolute atomic E-state index is 13.1. The van der Waals surface area contributed by atoms with Gasteiger partial charge in [-0.1, -0.05) is 43.3 Å². The average Bonchev–Trinajstić information content (AvgIpc) is 2.63. The number of hydrogen-bond donors (Lipinski definition) is 0. The highest BCUT2D eigenvalue weighted by atomic mass is 16.5. The number of nitrogens with zero attached hydrogens (tertiary/aromatic N) is 1. The zero-order chi connectivity index (χ0) is 17.5. The topological polar surface area (TPSA) is 55.8 Å². The Labute approximate surface area is 142 Å². The van der Waals surface area contributed by atoms with E-state index in [1.165, 1.54) is 19.1 Å². The number of rotatable bonds is 7. The molecule has 0 heterocycles. The van der Waals surface area contributed by atoms with E-state index in [9.17, 15) is 9.59 Å². The van der Waals surface area contributed by atoms with Crippen molar-refractivity contribution >= 4 is 22.6 Å². The van der Waals surface area contributed by atoms with Crippen LogP contribution in [0.1, 0.15) is 23.7 Å². The van der Waals surface area contributed by atoms with Gasteiger partial charge in [0.1, 0.15) is 0 Å². The maximum Gasteiger partial charge on any atom is 0.331 e. The van der Waals surface area contributed by atoms with E-state index in [4.69, 9.17) is 9.47 Å². The summed E-state index contributed by atoms with van der Waals surface area (Å²) in [6, 6.07) is 12.5. The molecular formula is C19H23NO4. The van der Waals surface area contributed by atoms with Crippen LogP contribution < -0.4 is 0 Å². The van der Waals surface area contributed by atoms with Gasteiger partial charge in [-0.05, 0) is 23.3 Å². The predicted molar refractivity (Wildman–Crippen MR) is 93.0 cm³/mol. The van der Waals surface area contributed by atoms with Crippen LogP contribution in [-0.2, 0) is 14.3 Å². The van der Waals surface area contributed by atoms with Gasteiger partial charge in [-0.3, -0.25) is 4.79 Å². The smallest absolute Gasteiger partial charge is 0.331 e. The van der Waals surface area contributed by atoms with Crippen LogP contribution in [0, 0.1) is 0 Å². The monoisotopic (exact) mass is 329 g/mol. The molecule has 0 aliphatic heterocycles. The van der Waals surface area contributed by atoms with E-state index < -0.39 is 12.0 Å². The van der Waals surface area contributed by atoms with Crippen molar-refractivity contribution in [3.8, 4) is 0 Å². The number of carbonyl (C=O) groups excluding carboxylic acids is 2. The van der Waals surface area contributed by atoms with Crippen LogP contribution >= 0.6 is 0 Å². The molecule has 1 atom stereocenters. The molecule has 0 aliphatic rings. The molecule has 24 heavy (non-hydrogen) atoms. The number of methoxy groups -OCH3 is 2. The van der Waals surface area contributed by atoms with Gasteiger partial charge in [0.15, 0.2) is 6.04 Å². The first kappa shape index (κ1) is 17.9. The van der Waals surface area contributed by atoms with Crippen LogP contribution in [0.5, 0.6) is 0 Å². The molecule has 0 saturated carbocycles. The minimum atomic E-state index is -0.758. The summed E-state index contributed by atoms with van der Waals surface area (Å²) in [6.07, 6.45) is 0.730. The van der Waals surface area contributed by atoms with Crippen LogP contribution in [0.3, 0.4) is 0 Å². The molecule has 0 fully saturated rings. The average molecular weight is 329 g/mol. The van der Waals surface area contributed by atoms with Gasteiger partial charge >= 0.3 is 5.97 Å². The minimum Gasteiger partial charge on any atom is -0.467 e. The normalized spacial score (nSPS) is 12.0. The summed E-state index contributed by atoms with van der Waals surface area (Å²) in [5.41, 5.74) is 0.576. The molecule has 1 amide bonds. The third-order valence-electron chi connectivity index (χ3n) is 3.92. The predicted octanol–water partition coefficient (Wildman–Crippen LogP) is 2.88. The molecule has 2 aromatic carbocycles. The van der Waals surface area contributed by atoms with Gasteiger partial charge < -0.3 is 14.4 Å². The molecule has 0 N–H and O–H groups in total. The SMILES string of the molecule is CCCN(C(=O)c1cccc2ccccc12)C(COC)C(=O)OC. The van der Waals surface area contributed by atoms with Crippen LogP contribution in [0.4, 0.5) is 0 Å². The first-order valence-corrected chi connectivity index (χ1v) is 7.99. The molecule has 0 spiro atoms. The fraction of sp³-hybridized carbons (Fsp3) is 0.368. The highest BCUT2D eigenvalue weighted by Crippen LogP contribution is 2.21. The molecule has 0 aliphatic carbocycles. The fourth-order valence-corrected chi connectivity index (χ4v) is 2.79. The van der Waals surface area contributed by atoms with Crippen LogP contribution in [0.2, 0.25) is 0 Å². The standard InChI is InChI=1S/C19H23NO4/c1-4-12-20(17(13-23-2)19(22)24-3)18(21)16-11-7-9-14-8-5-6-10-15(14)16/h5-11,17H,4,12-13H2,1-3H3. The van der Waals surface area contributed by atoms with E-state index >= 15 is 0 Å². The molecular weight excluding hydrogens is 306 g/mol. The van der Waals surface area contributed by atoms with E-state index in [2.05, 4.69) is 0 Å². The quantitative estimate of drug-likeness (QED) is 0.733. The van der Waals surface area contributed by atoms with Gasteiger partial charge in [0.05, 0.1) is 13.7 Å². The first-order chi connectivity index (χ1) is 11.6. The van der Waals surface area contributed by atoms with Gasteiger partial charge in [0, 0.05) is 19.2 Å². The lowest BCUT2D eigenvalue weighted by Crippen LogP contribution is -2.48. The minimum absolute atomic E-state index is 0.100.